The Morgan fingerprint density at radius 2 is 2.25 bits per heavy atom. The van der Waals surface area contributed by atoms with E-state index in [2.05, 4.69) is 17.1 Å². The van der Waals surface area contributed by atoms with Crippen molar-refractivity contribution in [2.45, 2.75) is 43.8 Å². The zero-order valence-electron chi connectivity index (χ0n) is 11.6. The molecule has 1 saturated heterocycles. The van der Waals surface area contributed by atoms with Gasteiger partial charge in [-0.3, -0.25) is 9.69 Å². The van der Waals surface area contributed by atoms with Crippen molar-refractivity contribution in [2.24, 2.45) is 5.73 Å². The Hall–Kier alpha value is -1.62. The third kappa shape index (κ3) is 2.38. The zero-order valence-corrected chi connectivity index (χ0v) is 11.6. The molecule has 1 aromatic carbocycles. The second kappa shape index (κ2) is 4.74. The number of nitrogens with zero attached hydrogens (tertiary/aromatic N) is 1. The number of nitrogens with two attached hydrogens (primary N) is 1. The number of anilines is 1. The highest BCUT2D eigenvalue weighted by molar-refractivity contribution is 5.89. The Morgan fingerprint density at radius 1 is 1.50 bits per heavy atom. The van der Waals surface area contributed by atoms with E-state index in [1.165, 1.54) is 25.0 Å². The van der Waals surface area contributed by atoms with Crippen LogP contribution in [0.3, 0.4) is 0 Å². The smallest absolute Gasteiger partial charge is 0.244 e. The van der Waals surface area contributed by atoms with Crippen molar-refractivity contribution in [3.63, 3.8) is 0 Å². The second-order valence-electron chi connectivity index (χ2n) is 6.04. The fourth-order valence-electron chi connectivity index (χ4n) is 3.22. The van der Waals surface area contributed by atoms with Gasteiger partial charge >= 0.3 is 0 Å². The molecule has 5 heteroatoms. The highest BCUT2D eigenvalue weighted by Gasteiger charge is 2.50. The summed E-state index contributed by atoms with van der Waals surface area (Å²) in [6, 6.07) is 7.07. The second-order valence-corrected chi connectivity index (χ2v) is 6.04. The molecular formula is C15H20FN3O. The monoisotopic (exact) mass is 277 g/mol. The van der Waals surface area contributed by atoms with Gasteiger partial charge in [0.05, 0.1) is 0 Å². The number of halogens is 1. The normalized spacial score (nSPS) is 30.4. The summed E-state index contributed by atoms with van der Waals surface area (Å²) in [6.07, 6.45) is 3.05. The summed E-state index contributed by atoms with van der Waals surface area (Å²) in [5, 5.41) is 3.18. The van der Waals surface area contributed by atoms with Gasteiger partial charge in [0.2, 0.25) is 5.91 Å². The van der Waals surface area contributed by atoms with Crippen molar-refractivity contribution in [2.75, 3.05) is 11.9 Å². The van der Waals surface area contributed by atoms with Crippen molar-refractivity contribution in [1.29, 1.82) is 0 Å². The van der Waals surface area contributed by atoms with Gasteiger partial charge < -0.3 is 11.1 Å². The molecule has 3 rings (SSSR count). The molecule has 20 heavy (non-hydrogen) atoms. The van der Waals surface area contributed by atoms with Crippen molar-refractivity contribution in [3.05, 3.63) is 30.1 Å². The molecule has 3 N–H and O–H groups in total. The molecule has 0 radical (unpaired) electrons. The Labute approximate surface area is 118 Å². The lowest BCUT2D eigenvalue weighted by Gasteiger charge is -2.28. The molecule has 0 spiro atoms. The summed E-state index contributed by atoms with van der Waals surface area (Å²) in [5.41, 5.74) is 5.45. The van der Waals surface area contributed by atoms with Gasteiger partial charge in [-0.15, -0.1) is 0 Å². The maximum Gasteiger partial charge on any atom is 0.244 e. The predicted octanol–water partition coefficient (Wildman–Crippen LogP) is 1.72. The summed E-state index contributed by atoms with van der Waals surface area (Å²) >= 11 is 0. The van der Waals surface area contributed by atoms with Crippen LogP contribution in [0.1, 0.15) is 26.2 Å². The van der Waals surface area contributed by atoms with Gasteiger partial charge in [-0.1, -0.05) is 6.07 Å². The zero-order chi connectivity index (χ0) is 14.3. The van der Waals surface area contributed by atoms with Crippen LogP contribution in [0.15, 0.2) is 24.3 Å². The van der Waals surface area contributed by atoms with Gasteiger partial charge in [0.15, 0.2) is 0 Å². The van der Waals surface area contributed by atoms with E-state index in [-0.39, 0.29) is 11.7 Å². The number of nitrogens with one attached hydrogen (secondary N) is 1. The number of amides is 1. The molecule has 1 aliphatic heterocycles. The number of benzene rings is 1. The van der Waals surface area contributed by atoms with E-state index in [1.54, 1.807) is 12.1 Å². The topological polar surface area (TPSA) is 58.4 Å². The highest BCUT2D eigenvalue weighted by atomic mass is 19.1. The summed E-state index contributed by atoms with van der Waals surface area (Å²) in [5.74, 6) is -0.684. The molecule has 0 bridgehead atoms. The van der Waals surface area contributed by atoms with Gasteiger partial charge in [-0.05, 0) is 44.4 Å². The highest BCUT2D eigenvalue weighted by Crippen LogP contribution is 2.38. The number of hydrogen-bond acceptors (Lipinski definition) is 3. The first kappa shape index (κ1) is 13.4. The molecular weight excluding hydrogens is 257 g/mol. The minimum atomic E-state index is -0.796. The van der Waals surface area contributed by atoms with Crippen LogP contribution in [0.5, 0.6) is 0 Å². The Morgan fingerprint density at radius 3 is 2.85 bits per heavy atom. The molecule has 1 aliphatic carbocycles. The van der Waals surface area contributed by atoms with Crippen LogP contribution >= 0.6 is 0 Å². The SMILES string of the molecule is CC1CC(Nc2cccc(F)c2)(C(N)=O)CN1C1CC1. The summed E-state index contributed by atoms with van der Waals surface area (Å²) < 4.78 is 13.3. The third-order valence-electron chi connectivity index (χ3n) is 4.36. The molecule has 2 fully saturated rings. The molecule has 2 aliphatic rings. The molecule has 2 unspecified atom stereocenters. The van der Waals surface area contributed by atoms with Crippen LogP contribution in [0.2, 0.25) is 0 Å². The first-order valence-electron chi connectivity index (χ1n) is 7.09. The number of likely N-dealkylation sites (tertiary alicyclic amines) is 1. The number of rotatable bonds is 4. The lowest BCUT2D eigenvalue weighted by molar-refractivity contribution is -0.121. The van der Waals surface area contributed by atoms with Gasteiger partial charge in [0.25, 0.3) is 0 Å². The first-order valence-corrected chi connectivity index (χ1v) is 7.09. The molecule has 1 saturated carbocycles. The van der Waals surface area contributed by atoms with E-state index in [9.17, 15) is 9.18 Å². The Balaban J connectivity index is 1.84. The van der Waals surface area contributed by atoms with E-state index in [0.717, 1.165) is 0 Å². The van der Waals surface area contributed by atoms with Gasteiger partial charge in [0.1, 0.15) is 11.4 Å². The maximum atomic E-state index is 13.3. The van der Waals surface area contributed by atoms with E-state index < -0.39 is 5.54 Å². The van der Waals surface area contributed by atoms with Crippen LogP contribution < -0.4 is 11.1 Å². The fraction of sp³-hybridized carbons (Fsp3) is 0.533. The van der Waals surface area contributed by atoms with Gasteiger partial charge in [0, 0.05) is 24.3 Å². The Bertz CT molecular complexity index is 532. The molecule has 1 heterocycles. The van der Waals surface area contributed by atoms with Gasteiger partial charge in [-0.2, -0.15) is 0 Å². The summed E-state index contributed by atoms with van der Waals surface area (Å²) in [6.45, 7) is 2.72. The molecule has 1 amide bonds. The van der Waals surface area contributed by atoms with Crippen LogP contribution in [0, 0.1) is 5.82 Å². The lowest BCUT2D eigenvalue weighted by Crippen LogP contribution is -2.52. The number of primary amides is 1. The number of carbonyl (C=O) groups excluding carboxylic acids is 1. The standard InChI is InChI=1S/C15H20FN3O/c1-10-8-15(14(17)20,9-19(10)13-5-6-13)18-12-4-2-3-11(16)7-12/h2-4,7,10,13,18H,5-6,8-9H2,1H3,(H2,17,20). The number of carbonyl (C=O) groups is 1. The lowest BCUT2D eigenvalue weighted by atomic mass is 9.95. The molecule has 2 atom stereocenters. The minimum absolute atomic E-state index is 0.316. The van der Waals surface area contributed by atoms with Crippen molar-refractivity contribution < 1.29 is 9.18 Å². The predicted molar refractivity (Wildman–Crippen MR) is 75.8 cm³/mol. The van der Waals surface area contributed by atoms with E-state index in [4.69, 9.17) is 5.73 Å². The van der Waals surface area contributed by atoms with E-state index in [1.807, 2.05) is 0 Å². The molecule has 108 valence electrons. The first-order chi connectivity index (χ1) is 9.50. The number of hydrogen-bond donors (Lipinski definition) is 2. The average Bonchev–Trinajstić information content (AvgIpc) is 3.15. The summed E-state index contributed by atoms with van der Waals surface area (Å²) in [4.78, 5) is 14.3. The minimum Gasteiger partial charge on any atom is -0.370 e. The largest absolute Gasteiger partial charge is 0.370 e. The Kier molecular flexibility index (Phi) is 3.17. The quantitative estimate of drug-likeness (QED) is 0.881. The molecule has 0 aromatic heterocycles. The van der Waals surface area contributed by atoms with E-state index in [0.29, 0.717) is 30.7 Å². The van der Waals surface area contributed by atoms with Crippen LogP contribution in [-0.4, -0.2) is 35.0 Å². The fourth-order valence-corrected chi connectivity index (χ4v) is 3.22. The van der Waals surface area contributed by atoms with E-state index >= 15 is 0 Å². The average molecular weight is 277 g/mol. The van der Waals surface area contributed by atoms with Crippen molar-refractivity contribution >= 4 is 11.6 Å². The molecule has 4 nitrogen and oxygen atoms in total. The maximum absolute atomic E-state index is 13.3. The van der Waals surface area contributed by atoms with Crippen LogP contribution in [0.25, 0.3) is 0 Å². The van der Waals surface area contributed by atoms with Crippen LogP contribution in [0.4, 0.5) is 10.1 Å². The third-order valence-corrected chi connectivity index (χ3v) is 4.36. The summed E-state index contributed by atoms with van der Waals surface area (Å²) in [7, 11) is 0. The van der Waals surface area contributed by atoms with Crippen LogP contribution in [-0.2, 0) is 4.79 Å². The van der Waals surface area contributed by atoms with Gasteiger partial charge in [-0.25, -0.2) is 4.39 Å². The van der Waals surface area contributed by atoms with Crippen molar-refractivity contribution in [3.8, 4) is 0 Å². The van der Waals surface area contributed by atoms with Crippen molar-refractivity contribution in [1.82, 2.24) is 4.90 Å². The molecule has 1 aromatic rings.